The number of phenols is 2. The van der Waals surface area contributed by atoms with Crippen LogP contribution >= 0.6 is 0 Å². The van der Waals surface area contributed by atoms with Gasteiger partial charge in [0.1, 0.15) is 11.5 Å². The van der Waals surface area contributed by atoms with Gasteiger partial charge in [0.15, 0.2) is 0 Å². The van der Waals surface area contributed by atoms with E-state index >= 15 is 0 Å². The summed E-state index contributed by atoms with van der Waals surface area (Å²) in [6.45, 7) is 6.05. The van der Waals surface area contributed by atoms with Crippen molar-refractivity contribution in [3.05, 3.63) is 53.1 Å². The third-order valence-electron chi connectivity index (χ3n) is 3.23. The zero-order valence-electron chi connectivity index (χ0n) is 11.4. The number of anilines is 1. The molecule has 1 atom stereocenters. The van der Waals surface area contributed by atoms with Crippen molar-refractivity contribution in [1.29, 1.82) is 0 Å². The summed E-state index contributed by atoms with van der Waals surface area (Å²) in [7, 11) is 0. The first-order valence-corrected chi connectivity index (χ1v) is 6.33. The lowest BCUT2D eigenvalue weighted by molar-refractivity contribution is 0.451. The van der Waals surface area contributed by atoms with Crippen molar-refractivity contribution in [2.24, 2.45) is 0 Å². The van der Waals surface area contributed by atoms with Crippen LogP contribution in [0.15, 0.2) is 36.4 Å². The van der Waals surface area contributed by atoms with Crippen LogP contribution in [0, 0.1) is 13.8 Å². The number of rotatable bonds is 3. The molecule has 0 bridgehead atoms. The molecule has 0 heterocycles. The van der Waals surface area contributed by atoms with E-state index in [2.05, 4.69) is 18.3 Å². The molecule has 3 nitrogen and oxygen atoms in total. The third kappa shape index (κ3) is 2.99. The number of aryl methyl sites for hydroxylation is 2. The van der Waals surface area contributed by atoms with E-state index in [1.54, 1.807) is 6.07 Å². The first-order valence-electron chi connectivity index (χ1n) is 6.33. The second-order valence-electron chi connectivity index (χ2n) is 4.93. The maximum atomic E-state index is 9.85. The van der Waals surface area contributed by atoms with Gasteiger partial charge in [0, 0.05) is 11.3 Å². The highest BCUT2D eigenvalue weighted by molar-refractivity contribution is 5.54. The fourth-order valence-corrected chi connectivity index (χ4v) is 2.18. The Labute approximate surface area is 113 Å². The van der Waals surface area contributed by atoms with E-state index in [9.17, 15) is 10.2 Å². The summed E-state index contributed by atoms with van der Waals surface area (Å²) in [5.41, 5.74) is 4.09. The van der Waals surface area contributed by atoms with Crippen LogP contribution in [-0.2, 0) is 0 Å². The van der Waals surface area contributed by atoms with Gasteiger partial charge in [-0.2, -0.15) is 0 Å². The highest BCUT2D eigenvalue weighted by Crippen LogP contribution is 2.30. The molecule has 2 rings (SSSR count). The molecule has 0 aromatic heterocycles. The van der Waals surface area contributed by atoms with Crippen LogP contribution in [0.3, 0.4) is 0 Å². The molecule has 0 spiro atoms. The van der Waals surface area contributed by atoms with E-state index in [0.717, 1.165) is 11.3 Å². The van der Waals surface area contributed by atoms with E-state index in [0.29, 0.717) is 5.56 Å². The Bertz CT molecular complexity index is 593. The van der Waals surface area contributed by atoms with E-state index in [-0.39, 0.29) is 17.5 Å². The van der Waals surface area contributed by atoms with Gasteiger partial charge in [-0.25, -0.2) is 0 Å². The summed E-state index contributed by atoms with van der Waals surface area (Å²) in [6.07, 6.45) is 0. The summed E-state index contributed by atoms with van der Waals surface area (Å²) < 4.78 is 0. The molecule has 0 radical (unpaired) electrons. The molecule has 0 aliphatic heterocycles. The summed E-state index contributed by atoms with van der Waals surface area (Å²) in [4.78, 5) is 0. The minimum Gasteiger partial charge on any atom is -0.508 e. The molecule has 0 amide bonds. The fraction of sp³-hybridized carbons (Fsp3) is 0.250. The van der Waals surface area contributed by atoms with E-state index in [1.807, 2.05) is 26.0 Å². The Morgan fingerprint density at radius 2 is 1.74 bits per heavy atom. The van der Waals surface area contributed by atoms with Crippen molar-refractivity contribution < 1.29 is 10.2 Å². The molecular formula is C16H19NO2. The Morgan fingerprint density at radius 1 is 1.00 bits per heavy atom. The topological polar surface area (TPSA) is 52.5 Å². The van der Waals surface area contributed by atoms with Crippen LogP contribution in [-0.4, -0.2) is 10.2 Å². The Hall–Kier alpha value is -2.16. The lowest BCUT2D eigenvalue weighted by atomic mass is 10.0. The third-order valence-corrected chi connectivity index (χ3v) is 3.23. The molecule has 0 aliphatic carbocycles. The Kier molecular flexibility index (Phi) is 3.65. The van der Waals surface area contributed by atoms with Gasteiger partial charge in [-0.05, 0) is 50.6 Å². The van der Waals surface area contributed by atoms with Gasteiger partial charge in [-0.1, -0.05) is 17.7 Å². The predicted molar refractivity (Wildman–Crippen MR) is 77.7 cm³/mol. The van der Waals surface area contributed by atoms with E-state index in [4.69, 9.17) is 0 Å². The standard InChI is InChI=1S/C16H19NO2/c1-10-4-6-15(11(2)8-10)17-12(3)14-9-13(18)5-7-16(14)19/h4-9,12,17-19H,1-3H3. The fourth-order valence-electron chi connectivity index (χ4n) is 2.18. The molecule has 0 aliphatic rings. The van der Waals surface area contributed by atoms with Gasteiger partial charge in [-0.3, -0.25) is 0 Å². The van der Waals surface area contributed by atoms with Gasteiger partial charge in [0.2, 0.25) is 0 Å². The number of benzene rings is 2. The van der Waals surface area contributed by atoms with Gasteiger partial charge < -0.3 is 15.5 Å². The van der Waals surface area contributed by atoms with Crippen molar-refractivity contribution in [3.8, 4) is 11.5 Å². The van der Waals surface area contributed by atoms with Gasteiger partial charge in [0.05, 0.1) is 6.04 Å². The minimum atomic E-state index is -0.0893. The molecule has 2 aromatic carbocycles. The molecule has 0 fully saturated rings. The van der Waals surface area contributed by atoms with Crippen LogP contribution in [0.4, 0.5) is 5.69 Å². The van der Waals surface area contributed by atoms with Crippen molar-refractivity contribution in [2.75, 3.05) is 5.32 Å². The largest absolute Gasteiger partial charge is 0.508 e. The number of aromatic hydroxyl groups is 2. The van der Waals surface area contributed by atoms with Crippen molar-refractivity contribution in [3.63, 3.8) is 0 Å². The van der Waals surface area contributed by atoms with Crippen LogP contribution in [0.1, 0.15) is 29.7 Å². The molecule has 3 heteroatoms. The average Bonchev–Trinajstić information content (AvgIpc) is 2.35. The van der Waals surface area contributed by atoms with Crippen LogP contribution in [0.5, 0.6) is 11.5 Å². The second kappa shape index (κ2) is 5.22. The van der Waals surface area contributed by atoms with Gasteiger partial charge >= 0.3 is 0 Å². The highest BCUT2D eigenvalue weighted by atomic mass is 16.3. The summed E-state index contributed by atoms with van der Waals surface area (Å²) in [6, 6.07) is 10.7. The maximum Gasteiger partial charge on any atom is 0.121 e. The smallest absolute Gasteiger partial charge is 0.121 e. The van der Waals surface area contributed by atoms with Gasteiger partial charge in [-0.15, -0.1) is 0 Å². The molecular weight excluding hydrogens is 238 g/mol. The van der Waals surface area contributed by atoms with Crippen LogP contribution in [0.25, 0.3) is 0 Å². The molecule has 0 saturated heterocycles. The lowest BCUT2D eigenvalue weighted by Gasteiger charge is -2.19. The van der Waals surface area contributed by atoms with Crippen LogP contribution < -0.4 is 5.32 Å². The lowest BCUT2D eigenvalue weighted by Crippen LogP contribution is -2.08. The predicted octanol–water partition coefficient (Wildman–Crippen LogP) is 3.89. The number of phenolic OH excluding ortho intramolecular Hbond substituents is 2. The number of hydrogen-bond donors (Lipinski definition) is 3. The molecule has 0 saturated carbocycles. The zero-order valence-corrected chi connectivity index (χ0v) is 11.4. The van der Waals surface area contributed by atoms with Gasteiger partial charge in [0.25, 0.3) is 0 Å². The molecule has 2 aromatic rings. The second-order valence-corrected chi connectivity index (χ2v) is 4.93. The monoisotopic (exact) mass is 257 g/mol. The van der Waals surface area contributed by atoms with E-state index in [1.165, 1.54) is 17.7 Å². The number of nitrogens with one attached hydrogen (secondary N) is 1. The zero-order chi connectivity index (χ0) is 14.0. The van der Waals surface area contributed by atoms with Crippen molar-refractivity contribution in [2.45, 2.75) is 26.8 Å². The first kappa shape index (κ1) is 13.3. The SMILES string of the molecule is Cc1ccc(NC(C)c2cc(O)ccc2O)c(C)c1. The molecule has 100 valence electrons. The van der Waals surface area contributed by atoms with Crippen molar-refractivity contribution in [1.82, 2.24) is 0 Å². The average molecular weight is 257 g/mol. The van der Waals surface area contributed by atoms with Crippen LogP contribution in [0.2, 0.25) is 0 Å². The molecule has 19 heavy (non-hydrogen) atoms. The molecule has 1 unspecified atom stereocenters. The maximum absolute atomic E-state index is 9.85. The normalized spacial score (nSPS) is 12.2. The highest BCUT2D eigenvalue weighted by Gasteiger charge is 2.12. The number of hydrogen-bond acceptors (Lipinski definition) is 3. The van der Waals surface area contributed by atoms with E-state index < -0.39 is 0 Å². The summed E-state index contributed by atoms with van der Waals surface area (Å²) >= 11 is 0. The summed E-state index contributed by atoms with van der Waals surface area (Å²) in [5.74, 6) is 0.338. The Balaban J connectivity index is 2.25. The Morgan fingerprint density at radius 3 is 2.42 bits per heavy atom. The quantitative estimate of drug-likeness (QED) is 0.731. The first-order chi connectivity index (χ1) is 8.97. The van der Waals surface area contributed by atoms with Crippen molar-refractivity contribution >= 4 is 5.69 Å². The molecule has 3 N–H and O–H groups in total. The minimum absolute atomic E-state index is 0.0893. The summed E-state index contributed by atoms with van der Waals surface area (Å²) in [5, 5.41) is 22.7.